The van der Waals surface area contributed by atoms with Gasteiger partial charge in [-0.2, -0.15) is 0 Å². The fraction of sp³-hybridized carbons (Fsp3) is 0.474. The van der Waals surface area contributed by atoms with Crippen LogP contribution in [0.4, 0.5) is 11.4 Å². The summed E-state index contributed by atoms with van der Waals surface area (Å²) in [6, 6.07) is 8.56. The lowest BCUT2D eigenvalue weighted by molar-refractivity contribution is 0.468. The van der Waals surface area contributed by atoms with Crippen LogP contribution in [0.25, 0.3) is 0 Å². The SMILES string of the molecule is CN(C)S(=O)(=O)c1ccc(S(=O)(=O)Nc2cccc(Cl)c2N2C3CCCC2CC3)s1. The van der Waals surface area contributed by atoms with E-state index in [2.05, 4.69) is 9.62 Å². The number of thiophene rings is 1. The Morgan fingerprint density at radius 1 is 1.00 bits per heavy atom. The maximum Gasteiger partial charge on any atom is 0.271 e. The molecule has 2 saturated heterocycles. The first-order valence-corrected chi connectivity index (χ1v) is 13.8. The highest BCUT2D eigenvalue weighted by atomic mass is 35.5. The van der Waals surface area contributed by atoms with Crippen LogP contribution in [0.5, 0.6) is 0 Å². The number of sulfonamides is 2. The Hall–Kier alpha value is -1.33. The molecule has 1 N–H and O–H groups in total. The quantitative estimate of drug-likeness (QED) is 0.663. The molecule has 2 aliphatic heterocycles. The van der Waals surface area contributed by atoms with Gasteiger partial charge in [-0.15, -0.1) is 11.3 Å². The highest BCUT2D eigenvalue weighted by molar-refractivity contribution is 7.96. The van der Waals surface area contributed by atoms with Crippen molar-refractivity contribution >= 4 is 54.4 Å². The second-order valence-corrected chi connectivity index (χ2v) is 13.6. The normalized spacial score (nSPS) is 21.9. The standard InChI is InChI=1S/C19H24ClN3O4S3/c1-22(2)30(26,27)18-12-11-17(28-18)29(24,25)21-16-8-4-7-15(20)19(16)23-13-5-3-6-14(23)10-9-13/h4,7-8,11-14,21H,3,5-6,9-10H2,1-2H3. The van der Waals surface area contributed by atoms with Gasteiger partial charge in [0, 0.05) is 26.2 Å². The van der Waals surface area contributed by atoms with E-state index in [0.29, 0.717) is 28.5 Å². The van der Waals surface area contributed by atoms with Crippen LogP contribution in [0.15, 0.2) is 38.8 Å². The molecular weight excluding hydrogens is 466 g/mol. The number of hydrogen-bond donors (Lipinski definition) is 1. The first-order valence-electron chi connectivity index (χ1n) is 9.73. The second-order valence-electron chi connectivity index (χ2n) is 7.83. The van der Waals surface area contributed by atoms with E-state index in [9.17, 15) is 16.8 Å². The van der Waals surface area contributed by atoms with Crippen LogP contribution in [-0.2, 0) is 20.0 Å². The van der Waals surface area contributed by atoms with Crippen LogP contribution in [0.3, 0.4) is 0 Å². The molecule has 0 radical (unpaired) electrons. The zero-order chi connectivity index (χ0) is 21.7. The summed E-state index contributed by atoms with van der Waals surface area (Å²) in [6.07, 6.45) is 5.49. The molecule has 2 atom stereocenters. The topological polar surface area (TPSA) is 86.8 Å². The van der Waals surface area contributed by atoms with E-state index < -0.39 is 20.0 Å². The van der Waals surface area contributed by atoms with Crippen molar-refractivity contribution in [3.05, 3.63) is 35.4 Å². The van der Waals surface area contributed by atoms with Crippen molar-refractivity contribution in [1.82, 2.24) is 4.31 Å². The van der Waals surface area contributed by atoms with Gasteiger partial charge in [0.05, 0.1) is 16.4 Å². The lowest BCUT2D eigenvalue weighted by atomic mass is 10.0. The van der Waals surface area contributed by atoms with Crippen LogP contribution < -0.4 is 9.62 Å². The number of rotatable bonds is 6. The lowest BCUT2D eigenvalue weighted by Gasteiger charge is -2.38. The summed E-state index contributed by atoms with van der Waals surface area (Å²) in [5.74, 6) is 0. The Labute approximate surface area is 186 Å². The molecule has 7 nitrogen and oxygen atoms in total. The number of piperidine rings is 1. The van der Waals surface area contributed by atoms with Gasteiger partial charge in [0.2, 0.25) is 0 Å². The molecule has 164 valence electrons. The molecule has 11 heteroatoms. The molecule has 4 rings (SSSR count). The van der Waals surface area contributed by atoms with Crippen LogP contribution >= 0.6 is 22.9 Å². The van der Waals surface area contributed by atoms with Crippen LogP contribution in [-0.4, -0.2) is 47.3 Å². The number of benzene rings is 1. The lowest BCUT2D eigenvalue weighted by Crippen LogP contribution is -2.40. The molecule has 0 amide bonds. The van der Waals surface area contributed by atoms with E-state index in [1.165, 1.54) is 32.6 Å². The molecule has 3 heterocycles. The van der Waals surface area contributed by atoms with E-state index in [1.807, 2.05) is 0 Å². The predicted molar refractivity (Wildman–Crippen MR) is 121 cm³/mol. The summed E-state index contributed by atoms with van der Waals surface area (Å²) in [7, 11) is -4.85. The zero-order valence-corrected chi connectivity index (χ0v) is 19.9. The molecule has 0 aliphatic carbocycles. The number of fused-ring (bicyclic) bond motifs is 2. The molecule has 1 aromatic heterocycles. The average Bonchev–Trinajstić information content (AvgIpc) is 3.25. The summed E-state index contributed by atoms with van der Waals surface area (Å²) in [6.45, 7) is 0. The van der Waals surface area contributed by atoms with Crippen molar-refractivity contribution in [1.29, 1.82) is 0 Å². The van der Waals surface area contributed by atoms with Gasteiger partial charge >= 0.3 is 0 Å². The van der Waals surface area contributed by atoms with Crippen molar-refractivity contribution in [2.75, 3.05) is 23.7 Å². The van der Waals surface area contributed by atoms with E-state index in [0.717, 1.165) is 41.3 Å². The molecule has 30 heavy (non-hydrogen) atoms. The summed E-state index contributed by atoms with van der Waals surface area (Å²) < 4.78 is 54.4. The average molecular weight is 490 g/mol. The van der Waals surface area contributed by atoms with Crippen molar-refractivity contribution in [2.45, 2.75) is 52.6 Å². The number of nitrogens with one attached hydrogen (secondary N) is 1. The molecule has 2 aromatic rings. The molecule has 2 bridgehead atoms. The molecule has 1 aromatic carbocycles. The van der Waals surface area contributed by atoms with E-state index in [-0.39, 0.29) is 8.42 Å². The Balaban J connectivity index is 1.69. The minimum absolute atomic E-state index is 0.0201. The van der Waals surface area contributed by atoms with Crippen molar-refractivity contribution in [2.24, 2.45) is 0 Å². The van der Waals surface area contributed by atoms with Gasteiger partial charge in [-0.1, -0.05) is 17.7 Å². The molecule has 0 saturated carbocycles. The molecule has 2 aliphatic rings. The highest BCUT2D eigenvalue weighted by Gasteiger charge is 2.39. The minimum atomic E-state index is -3.97. The summed E-state index contributed by atoms with van der Waals surface area (Å²) in [5.41, 5.74) is 1.14. The molecule has 2 fully saturated rings. The summed E-state index contributed by atoms with van der Waals surface area (Å²) >= 11 is 7.26. The van der Waals surface area contributed by atoms with Crippen LogP contribution in [0.1, 0.15) is 32.1 Å². The Morgan fingerprint density at radius 2 is 1.63 bits per heavy atom. The number of hydrogen-bond acceptors (Lipinski definition) is 6. The van der Waals surface area contributed by atoms with Gasteiger partial charge in [-0.25, -0.2) is 21.1 Å². The third-order valence-electron chi connectivity index (χ3n) is 5.74. The van der Waals surface area contributed by atoms with E-state index in [4.69, 9.17) is 11.6 Å². The third-order valence-corrected chi connectivity index (χ3v) is 11.3. The van der Waals surface area contributed by atoms with E-state index in [1.54, 1.807) is 18.2 Å². The maximum atomic E-state index is 13.1. The van der Waals surface area contributed by atoms with Gasteiger partial charge < -0.3 is 4.90 Å². The Morgan fingerprint density at radius 3 is 2.27 bits per heavy atom. The van der Waals surface area contributed by atoms with Gasteiger partial charge in [0.25, 0.3) is 20.0 Å². The Kier molecular flexibility index (Phi) is 5.82. The number of nitrogens with zero attached hydrogens (tertiary/aromatic N) is 2. The van der Waals surface area contributed by atoms with E-state index >= 15 is 0 Å². The van der Waals surface area contributed by atoms with Crippen molar-refractivity contribution < 1.29 is 16.8 Å². The monoisotopic (exact) mass is 489 g/mol. The van der Waals surface area contributed by atoms with Crippen molar-refractivity contribution in [3.8, 4) is 0 Å². The summed E-state index contributed by atoms with van der Waals surface area (Å²) in [4.78, 5) is 2.28. The summed E-state index contributed by atoms with van der Waals surface area (Å²) in [5, 5.41) is 0.510. The first kappa shape index (κ1) is 21.9. The van der Waals surface area contributed by atoms with Crippen LogP contribution in [0.2, 0.25) is 5.02 Å². The fourth-order valence-corrected chi connectivity index (χ4v) is 8.58. The number of halogens is 1. The van der Waals surface area contributed by atoms with Crippen LogP contribution in [0, 0.1) is 0 Å². The van der Waals surface area contributed by atoms with Gasteiger partial charge in [0.15, 0.2) is 0 Å². The number of anilines is 2. The number of para-hydroxylation sites is 1. The van der Waals surface area contributed by atoms with Gasteiger partial charge in [0.1, 0.15) is 8.42 Å². The maximum absolute atomic E-state index is 13.1. The van der Waals surface area contributed by atoms with Gasteiger partial charge in [-0.3, -0.25) is 4.72 Å². The Bertz CT molecular complexity index is 1150. The largest absolute Gasteiger partial charge is 0.363 e. The first-order chi connectivity index (χ1) is 14.1. The highest BCUT2D eigenvalue weighted by Crippen LogP contribution is 2.45. The van der Waals surface area contributed by atoms with Gasteiger partial charge in [-0.05, 0) is 56.4 Å². The minimum Gasteiger partial charge on any atom is -0.363 e. The molecule has 2 unspecified atom stereocenters. The fourth-order valence-electron chi connectivity index (χ4n) is 4.30. The smallest absolute Gasteiger partial charge is 0.271 e. The molecular formula is C19H24ClN3O4S3. The zero-order valence-electron chi connectivity index (χ0n) is 16.7. The van der Waals surface area contributed by atoms with Crippen molar-refractivity contribution in [3.63, 3.8) is 0 Å². The third kappa shape index (κ3) is 3.84. The second kappa shape index (κ2) is 7.98. The predicted octanol–water partition coefficient (Wildman–Crippen LogP) is 3.97. The molecule has 0 spiro atoms.